The van der Waals surface area contributed by atoms with E-state index in [2.05, 4.69) is 16.9 Å². The van der Waals surface area contributed by atoms with Crippen molar-refractivity contribution in [2.24, 2.45) is 0 Å². The minimum absolute atomic E-state index is 0.146. The predicted molar refractivity (Wildman–Crippen MR) is 110 cm³/mol. The monoisotopic (exact) mass is 437 g/mol. The van der Waals surface area contributed by atoms with Crippen LogP contribution in [0.3, 0.4) is 0 Å². The molecule has 152 valence electrons. The minimum Gasteiger partial charge on any atom is -0.274 e. The normalized spacial score (nSPS) is 11.5. The van der Waals surface area contributed by atoms with Crippen LogP contribution in [-0.2, 0) is 23.1 Å². The number of carbonyl (C=O) groups is 1. The van der Waals surface area contributed by atoms with E-state index in [1.165, 1.54) is 41.7 Å². The van der Waals surface area contributed by atoms with Crippen molar-refractivity contribution in [3.8, 4) is 0 Å². The molecule has 4 nitrogen and oxygen atoms in total. The van der Waals surface area contributed by atoms with Crippen LogP contribution in [0.2, 0.25) is 0 Å². The summed E-state index contributed by atoms with van der Waals surface area (Å²) in [6.07, 6.45) is -2.66. The Labute approximate surface area is 174 Å². The van der Waals surface area contributed by atoms with Crippen LogP contribution >= 0.6 is 23.1 Å². The number of halogens is 3. The molecule has 29 heavy (non-hydrogen) atoms. The highest BCUT2D eigenvalue weighted by molar-refractivity contribution is 7.98. The van der Waals surface area contributed by atoms with Gasteiger partial charge >= 0.3 is 6.18 Å². The predicted octanol–water partition coefficient (Wildman–Crippen LogP) is 6.10. The number of alkyl halides is 3. The van der Waals surface area contributed by atoms with Crippen LogP contribution in [-0.4, -0.2) is 15.9 Å². The molecule has 0 radical (unpaired) electrons. The molecule has 0 unspecified atom stereocenters. The summed E-state index contributed by atoms with van der Waals surface area (Å²) in [6.45, 7) is 3.55. The number of aromatic nitrogens is 2. The van der Waals surface area contributed by atoms with E-state index in [4.69, 9.17) is 0 Å². The van der Waals surface area contributed by atoms with Crippen LogP contribution in [0.4, 0.5) is 24.0 Å². The average Bonchev–Trinajstić information content (AvgIpc) is 3.15. The van der Waals surface area contributed by atoms with Crippen molar-refractivity contribution in [3.05, 3.63) is 64.8 Å². The average molecular weight is 438 g/mol. The van der Waals surface area contributed by atoms with Gasteiger partial charge in [-0.25, -0.2) is 9.97 Å². The van der Waals surface area contributed by atoms with E-state index in [9.17, 15) is 18.0 Å². The number of amides is 1. The maximum absolute atomic E-state index is 12.6. The molecule has 0 fully saturated rings. The summed E-state index contributed by atoms with van der Waals surface area (Å²) >= 11 is 2.63. The fraction of sp³-hybridized carbons (Fsp3) is 0.250. The van der Waals surface area contributed by atoms with Gasteiger partial charge < -0.3 is 0 Å². The summed E-state index contributed by atoms with van der Waals surface area (Å²) < 4.78 is 37.8. The van der Waals surface area contributed by atoms with Crippen molar-refractivity contribution >= 4 is 39.8 Å². The van der Waals surface area contributed by atoms with E-state index >= 15 is 0 Å². The third-order valence-electron chi connectivity index (χ3n) is 4.08. The van der Waals surface area contributed by atoms with Crippen molar-refractivity contribution in [1.29, 1.82) is 0 Å². The minimum atomic E-state index is -4.40. The van der Waals surface area contributed by atoms with Gasteiger partial charge in [0.25, 0.3) is 0 Å². The Balaban J connectivity index is 1.70. The number of hydrogen-bond donors (Lipinski definition) is 0. The molecule has 0 aliphatic rings. The van der Waals surface area contributed by atoms with Crippen LogP contribution < -0.4 is 4.90 Å². The van der Waals surface area contributed by atoms with Gasteiger partial charge in [-0.3, -0.25) is 9.69 Å². The number of benzene rings is 1. The molecule has 0 bridgehead atoms. The Hall–Kier alpha value is -2.39. The van der Waals surface area contributed by atoms with E-state index in [1.54, 1.807) is 4.90 Å². The van der Waals surface area contributed by atoms with Gasteiger partial charge in [-0.2, -0.15) is 13.2 Å². The molecule has 9 heteroatoms. The smallest absolute Gasteiger partial charge is 0.274 e. The lowest BCUT2D eigenvalue weighted by atomic mass is 10.1. The molecule has 0 spiro atoms. The number of nitrogens with zero attached hydrogens (tertiary/aromatic N) is 3. The molecular formula is C20H18F3N3OS2. The lowest BCUT2D eigenvalue weighted by Gasteiger charge is -2.18. The van der Waals surface area contributed by atoms with Crippen molar-refractivity contribution in [3.63, 3.8) is 0 Å². The van der Waals surface area contributed by atoms with E-state index < -0.39 is 11.7 Å². The van der Waals surface area contributed by atoms with Crippen molar-refractivity contribution < 1.29 is 18.0 Å². The van der Waals surface area contributed by atoms with Crippen molar-refractivity contribution in [1.82, 2.24) is 9.97 Å². The maximum atomic E-state index is 12.6. The fourth-order valence-electron chi connectivity index (χ4n) is 2.55. The van der Waals surface area contributed by atoms with Crippen molar-refractivity contribution in [2.45, 2.75) is 37.2 Å². The lowest BCUT2D eigenvalue weighted by Crippen LogP contribution is -2.22. The Bertz CT molecular complexity index is 970. The second kappa shape index (κ2) is 8.96. The molecule has 0 saturated heterocycles. The van der Waals surface area contributed by atoms with Gasteiger partial charge in [0.1, 0.15) is 0 Å². The summed E-state index contributed by atoms with van der Waals surface area (Å²) in [5.41, 5.74) is 1.88. The zero-order valence-electron chi connectivity index (χ0n) is 15.7. The van der Waals surface area contributed by atoms with Gasteiger partial charge in [0, 0.05) is 24.3 Å². The zero-order chi connectivity index (χ0) is 21.0. The molecule has 1 aromatic carbocycles. The standard InChI is InChI=1S/C20H18F3N3OS2/c1-3-14-4-7-17(8-5-14)26(13(2)27)19-25-16(12-29-19)11-28-18-9-6-15(10-24-18)20(21,22)23/h4-10,12H,3,11H2,1-2H3. The molecule has 1 amide bonds. The number of pyridine rings is 1. The van der Waals surface area contributed by atoms with Gasteiger partial charge in [0.05, 0.1) is 22.0 Å². The van der Waals surface area contributed by atoms with E-state index in [1.807, 2.05) is 29.6 Å². The highest BCUT2D eigenvalue weighted by Crippen LogP contribution is 2.32. The topological polar surface area (TPSA) is 46.1 Å². The van der Waals surface area contributed by atoms with Crippen LogP contribution in [0.1, 0.15) is 30.7 Å². The number of hydrogen-bond acceptors (Lipinski definition) is 5. The number of thioether (sulfide) groups is 1. The number of rotatable bonds is 6. The first-order valence-electron chi connectivity index (χ1n) is 8.78. The maximum Gasteiger partial charge on any atom is 0.417 e. The third kappa shape index (κ3) is 5.36. The molecule has 0 aliphatic heterocycles. The van der Waals surface area contributed by atoms with Crippen molar-refractivity contribution in [2.75, 3.05) is 4.90 Å². The second-order valence-electron chi connectivity index (χ2n) is 6.17. The van der Waals surface area contributed by atoms with Crippen LogP contribution in [0.25, 0.3) is 0 Å². The Morgan fingerprint density at radius 2 is 1.90 bits per heavy atom. The number of anilines is 2. The summed E-state index contributed by atoms with van der Waals surface area (Å²) in [7, 11) is 0. The quantitative estimate of drug-likeness (QED) is 0.438. The van der Waals surface area contributed by atoms with E-state index in [0.29, 0.717) is 15.9 Å². The Morgan fingerprint density at radius 1 is 1.17 bits per heavy atom. The molecule has 3 aromatic rings. The third-order valence-corrected chi connectivity index (χ3v) is 5.93. The van der Waals surface area contributed by atoms with Gasteiger partial charge in [0.2, 0.25) is 5.91 Å². The molecule has 2 aromatic heterocycles. The van der Waals surface area contributed by atoms with Gasteiger partial charge in [-0.1, -0.05) is 19.1 Å². The molecule has 3 rings (SSSR count). The molecule has 0 N–H and O–H groups in total. The Morgan fingerprint density at radius 3 is 2.45 bits per heavy atom. The summed E-state index contributed by atoms with van der Waals surface area (Å²) in [5, 5.41) is 2.87. The highest BCUT2D eigenvalue weighted by Gasteiger charge is 2.30. The largest absolute Gasteiger partial charge is 0.417 e. The SMILES string of the molecule is CCc1ccc(N(C(C)=O)c2nc(CSc3ccc(C(F)(F)F)cn3)cs2)cc1. The summed E-state index contributed by atoms with van der Waals surface area (Å²) in [6, 6.07) is 10.1. The second-order valence-corrected chi connectivity index (χ2v) is 8.00. The highest BCUT2D eigenvalue weighted by atomic mass is 32.2. The lowest BCUT2D eigenvalue weighted by molar-refractivity contribution is -0.137. The van der Waals surface area contributed by atoms with Gasteiger partial charge in [0.15, 0.2) is 5.13 Å². The molecule has 0 atom stereocenters. The van der Waals surface area contributed by atoms with Crippen LogP contribution in [0, 0.1) is 0 Å². The molecule has 0 saturated carbocycles. The molecular weight excluding hydrogens is 419 g/mol. The van der Waals surface area contributed by atoms with E-state index in [0.717, 1.165) is 30.1 Å². The fourth-order valence-corrected chi connectivity index (χ4v) is 4.28. The first kappa shape index (κ1) is 21.3. The molecule has 2 heterocycles. The van der Waals surface area contributed by atoms with Gasteiger partial charge in [-0.15, -0.1) is 23.1 Å². The molecule has 0 aliphatic carbocycles. The van der Waals surface area contributed by atoms with Crippen LogP contribution in [0.15, 0.2) is 53.0 Å². The number of aryl methyl sites for hydroxylation is 1. The zero-order valence-corrected chi connectivity index (χ0v) is 17.4. The summed E-state index contributed by atoms with van der Waals surface area (Å²) in [4.78, 5) is 22.1. The Kier molecular flexibility index (Phi) is 6.59. The van der Waals surface area contributed by atoms with Crippen LogP contribution in [0.5, 0.6) is 0 Å². The summed E-state index contributed by atoms with van der Waals surface area (Å²) in [5.74, 6) is 0.294. The van der Waals surface area contributed by atoms with Gasteiger partial charge in [-0.05, 0) is 36.2 Å². The first-order valence-corrected chi connectivity index (χ1v) is 10.6. The number of thiazole rings is 1. The number of carbonyl (C=O) groups excluding carboxylic acids is 1. The first-order chi connectivity index (χ1) is 13.8. The van der Waals surface area contributed by atoms with E-state index in [-0.39, 0.29) is 5.91 Å².